The number of carbonyl (C=O) groups is 1. The molecule has 5 heteroatoms. The van der Waals surface area contributed by atoms with Crippen molar-refractivity contribution < 1.29 is 9.21 Å². The lowest BCUT2D eigenvalue weighted by molar-refractivity contribution is 0.0897. The molecule has 2 rings (SSSR count). The van der Waals surface area contributed by atoms with Crippen molar-refractivity contribution >= 4 is 17.2 Å². The van der Waals surface area contributed by atoms with Gasteiger partial charge in [-0.25, -0.2) is 5.43 Å². The van der Waals surface area contributed by atoms with Crippen LogP contribution in [0.2, 0.25) is 0 Å². The number of hydrazine groups is 1. The van der Waals surface area contributed by atoms with E-state index in [1.165, 1.54) is 6.26 Å². The predicted molar refractivity (Wildman–Crippen MR) is 71.2 cm³/mol. The van der Waals surface area contributed by atoms with Crippen LogP contribution in [0.4, 0.5) is 0 Å². The lowest BCUT2D eigenvalue weighted by Gasteiger charge is -2.16. The standard InChI is InChI=1S/C13H14N2O2S/c1-2-4-11(10-6-8-18-9-10)14-15-13(16)12-5-3-7-17-12/h2-3,5-9,11,14H,1,4H2,(H,15,16). The van der Waals surface area contributed by atoms with Crippen LogP contribution in [0.3, 0.4) is 0 Å². The molecule has 0 aromatic carbocycles. The molecule has 1 atom stereocenters. The Labute approximate surface area is 109 Å². The van der Waals surface area contributed by atoms with Gasteiger partial charge in [0.25, 0.3) is 0 Å². The summed E-state index contributed by atoms with van der Waals surface area (Å²) >= 11 is 1.62. The molecule has 0 spiro atoms. The van der Waals surface area contributed by atoms with Gasteiger partial charge in [-0.3, -0.25) is 10.2 Å². The van der Waals surface area contributed by atoms with Crippen molar-refractivity contribution in [2.75, 3.05) is 0 Å². The second kappa shape index (κ2) is 6.18. The van der Waals surface area contributed by atoms with E-state index in [1.807, 2.05) is 22.9 Å². The van der Waals surface area contributed by atoms with Crippen molar-refractivity contribution in [3.8, 4) is 0 Å². The van der Waals surface area contributed by atoms with E-state index in [1.54, 1.807) is 23.5 Å². The largest absolute Gasteiger partial charge is 0.459 e. The van der Waals surface area contributed by atoms with Gasteiger partial charge in [0.2, 0.25) is 0 Å². The first-order valence-corrected chi connectivity index (χ1v) is 6.48. The van der Waals surface area contributed by atoms with Crippen LogP contribution < -0.4 is 10.9 Å². The van der Waals surface area contributed by atoms with Gasteiger partial charge in [0.1, 0.15) is 0 Å². The van der Waals surface area contributed by atoms with Crippen LogP contribution in [0.25, 0.3) is 0 Å². The van der Waals surface area contributed by atoms with Crippen molar-refractivity contribution in [2.45, 2.75) is 12.5 Å². The van der Waals surface area contributed by atoms with E-state index in [9.17, 15) is 4.79 Å². The second-order valence-electron chi connectivity index (χ2n) is 3.71. The van der Waals surface area contributed by atoms with E-state index in [4.69, 9.17) is 4.42 Å². The summed E-state index contributed by atoms with van der Waals surface area (Å²) in [6, 6.07) is 5.33. The third-order valence-electron chi connectivity index (χ3n) is 2.45. The zero-order valence-corrected chi connectivity index (χ0v) is 10.6. The molecule has 94 valence electrons. The maximum absolute atomic E-state index is 11.7. The minimum absolute atomic E-state index is 0.0210. The fourth-order valence-corrected chi connectivity index (χ4v) is 2.25. The van der Waals surface area contributed by atoms with E-state index < -0.39 is 0 Å². The van der Waals surface area contributed by atoms with Crippen molar-refractivity contribution in [2.24, 2.45) is 0 Å². The quantitative estimate of drug-likeness (QED) is 0.621. The highest BCUT2D eigenvalue weighted by molar-refractivity contribution is 7.07. The van der Waals surface area contributed by atoms with Crippen LogP contribution in [0.15, 0.2) is 52.3 Å². The summed E-state index contributed by atoms with van der Waals surface area (Å²) in [6.45, 7) is 3.72. The molecule has 18 heavy (non-hydrogen) atoms. The molecule has 4 nitrogen and oxygen atoms in total. The van der Waals surface area contributed by atoms with E-state index in [2.05, 4.69) is 17.4 Å². The Kier molecular flexibility index (Phi) is 4.33. The number of carbonyl (C=O) groups excluding carboxylic acids is 1. The van der Waals surface area contributed by atoms with Gasteiger partial charge in [-0.1, -0.05) is 6.08 Å². The van der Waals surface area contributed by atoms with Crippen LogP contribution in [0.1, 0.15) is 28.6 Å². The molecule has 1 unspecified atom stereocenters. The smallest absolute Gasteiger partial charge is 0.301 e. The lowest BCUT2D eigenvalue weighted by atomic mass is 10.1. The molecule has 0 aliphatic carbocycles. The molecule has 2 aromatic rings. The second-order valence-corrected chi connectivity index (χ2v) is 4.49. The van der Waals surface area contributed by atoms with E-state index in [0.717, 1.165) is 12.0 Å². The Morgan fingerprint density at radius 3 is 3.06 bits per heavy atom. The van der Waals surface area contributed by atoms with Crippen molar-refractivity contribution in [3.05, 3.63) is 59.2 Å². The molecule has 1 amide bonds. The highest BCUT2D eigenvalue weighted by Crippen LogP contribution is 2.19. The van der Waals surface area contributed by atoms with Crippen molar-refractivity contribution in [3.63, 3.8) is 0 Å². The number of hydrogen-bond donors (Lipinski definition) is 2. The minimum Gasteiger partial charge on any atom is -0.459 e. The lowest BCUT2D eigenvalue weighted by Crippen LogP contribution is -2.39. The van der Waals surface area contributed by atoms with Gasteiger partial charge in [0, 0.05) is 0 Å². The highest BCUT2D eigenvalue weighted by atomic mass is 32.1. The van der Waals surface area contributed by atoms with Crippen LogP contribution in [-0.4, -0.2) is 5.91 Å². The molecular formula is C13H14N2O2S. The third kappa shape index (κ3) is 3.09. The van der Waals surface area contributed by atoms with Crippen molar-refractivity contribution in [1.82, 2.24) is 10.9 Å². The Morgan fingerprint density at radius 1 is 1.56 bits per heavy atom. The summed E-state index contributed by atoms with van der Waals surface area (Å²) in [4.78, 5) is 11.7. The number of furan rings is 1. The summed E-state index contributed by atoms with van der Waals surface area (Å²) in [6.07, 6.45) is 4.01. The van der Waals surface area contributed by atoms with Gasteiger partial charge in [0.15, 0.2) is 5.76 Å². The fraction of sp³-hybridized carbons (Fsp3) is 0.154. The van der Waals surface area contributed by atoms with Crippen LogP contribution in [0.5, 0.6) is 0 Å². The van der Waals surface area contributed by atoms with E-state index >= 15 is 0 Å². The molecule has 0 radical (unpaired) electrons. The molecule has 0 aliphatic heterocycles. The molecule has 0 saturated heterocycles. The Balaban J connectivity index is 1.94. The first-order valence-electron chi connectivity index (χ1n) is 5.53. The van der Waals surface area contributed by atoms with Gasteiger partial charge in [-0.05, 0) is 40.9 Å². The van der Waals surface area contributed by atoms with E-state index in [0.29, 0.717) is 0 Å². The third-order valence-corrected chi connectivity index (χ3v) is 3.15. The van der Waals surface area contributed by atoms with Crippen LogP contribution in [-0.2, 0) is 0 Å². The first-order chi connectivity index (χ1) is 8.81. The molecule has 0 aliphatic rings. The molecular weight excluding hydrogens is 248 g/mol. The zero-order valence-electron chi connectivity index (χ0n) is 9.76. The average Bonchev–Trinajstić information content (AvgIpc) is 3.04. The zero-order chi connectivity index (χ0) is 12.8. The van der Waals surface area contributed by atoms with Crippen molar-refractivity contribution in [1.29, 1.82) is 0 Å². The molecule has 2 aromatic heterocycles. The maximum atomic E-state index is 11.7. The van der Waals surface area contributed by atoms with Crippen LogP contribution in [0, 0.1) is 0 Å². The Hall–Kier alpha value is -1.85. The normalized spacial score (nSPS) is 12.0. The predicted octanol–water partition coefficient (Wildman–Crippen LogP) is 2.89. The molecule has 2 heterocycles. The SMILES string of the molecule is C=CCC(NNC(=O)c1ccco1)c1ccsc1. The molecule has 0 bridgehead atoms. The topological polar surface area (TPSA) is 54.3 Å². The van der Waals surface area contributed by atoms with Gasteiger partial charge in [-0.2, -0.15) is 11.3 Å². The number of amides is 1. The number of rotatable bonds is 6. The minimum atomic E-state index is -0.288. The summed E-state index contributed by atoms with van der Waals surface area (Å²) < 4.78 is 5.01. The Morgan fingerprint density at radius 2 is 2.44 bits per heavy atom. The van der Waals surface area contributed by atoms with Gasteiger partial charge in [-0.15, -0.1) is 6.58 Å². The number of hydrogen-bond acceptors (Lipinski definition) is 4. The van der Waals surface area contributed by atoms with Gasteiger partial charge >= 0.3 is 5.91 Å². The summed E-state index contributed by atoms with van der Waals surface area (Å²) in [5.74, 6) is -0.00513. The monoisotopic (exact) mass is 262 g/mol. The first kappa shape index (κ1) is 12.6. The fourth-order valence-electron chi connectivity index (χ4n) is 1.54. The van der Waals surface area contributed by atoms with E-state index in [-0.39, 0.29) is 17.7 Å². The van der Waals surface area contributed by atoms with Gasteiger partial charge < -0.3 is 4.42 Å². The summed E-state index contributed by atoms with van der Waals surface area (Å²) in [7, 11) is 0. The summed E-state index contributed by atoms with van der Waals surface area (Å²) in [5, 5.41) is 4.04. The molecule has 2 N–H and O–H groups in total. The molecule has 0 fully saturated rings. The van der Waals surface area contributed by atoms with Crippen LogP contribution >= 0.6 is 11.3 Å². The highest BCUT2D eigenvalue weighted by Gasteiger charge is 2.13. The number of thiophene rings is 1. The Bertz CT molecular complexity index is 491. The number of nitrogens with one attached hydrogen (secondary N) is 2. The van der Waals surface area contributed by atoms with Gasteiger partial charge in [0.05, 0.1) is 12.3 Å². The molecule has 0 saturated carbocycles. The summed E-state index contributed by atoms with van der Waals surface area (Å²) in [5.41, 5.74) is 6.74. The average molecular weight is 262 g/mol. The maximum Gasteiger partial charge on any atom is 0.301 e.